The number of anilines is 1. The molecular weight excluding hydrogens is 486 g/mol. The number of carbonyl (C=O) groups excluding carboxylic acids is 1. The van der Waals surface area contributed by atoms with Gasteiger partial charge in [0, 0.05) is 25.0 Å². The van der Waals surface area contributed by atoms with Crippen LogP contribution in [0.3, 0.4) is 0 Å². The first-order chi connectivity index (χ1) is 16.0. The standard InChI is InChI=1S/C22H20BrN9O/c1-3-30-12-16(23)20(28-30)18-7-8-24-19-10-17(27-32(18)19)21(33)26-22-25-13-31(29-22)11-15-6-4-5-14(2)9-15/h4-10,12-13H,3,11H2,1-2H3,(H,26,29,33). The smallest absolute Gasteiger partial charge is 0.278 e. The average Bonchev–Trinajstić information content (AvgIpc) is 3.51. The van der Waals surface area contributed by atoms with E-state index in [0.717, 1.165) is 28.0 Å². The molecule has 0 fully saturated rings. The Morgan fingerprint density at radius 1 is 1.09 bits per heavy atom. The summed E-state index contributed by atoms with van der Waals surface area (Å²) < 4.78 is 5.93. The lowest BCUT2D eigenvalue weighted by molar-refractivity contribution is 0.102. The molecule has 0 saturated heterocycles. The van der Waals surface area contributed by atoms with Gasteiger partial charge in [0.2, 0.25) is 5.95 Å². The molecule has 10 nitrogen and oxygen atoms in total. The molecule has 1 amide bonds. The van der Waals surface area contributed by atoms with E-state index < -0.39 is 5.91 Å². The molecule has 1 aromatic carbocycles. The number of carbonyl (C=O) groups is 1. The molecule has 4 heterocycles. The van der Waals surface area contributed by atoms with Crippen LogP contribution in [0.25, 0.3) is 17.0 Å². The molecule has 166 valence electrons. The second-order valence-corrected chi connectivity index (χ2v) is 8.37. The summed E-state index contributed by atoms with van der Waals surface area (Å²) in [5, 5.41) is 16.1. The molecule has 0 aliphatic carbocycles. The molecule has 0 atom stereocenters. The Balaban J connectivity index is 1.37. The molecule has 33 heavy (non-hydrogen) atoms. The number of nitrogens with one attached hydrogen (secondary N) is 1. The number of aromatic nitrogens is 8. The van der Waals surface area contributed by atoms with Crippen LogP contribution in [0.15, 0.2) is 59.6 Å². The highest BCUT2D eigenvalue weighted by Crippen LogP contribution is 2.27. The van der Waals surface area contributed by atoms with Crippen molar-refractivity contribution in [3.05, 3.63) is 76.4 Å². The third-order valence-electron chi connectivity index (χ3n) is 5.06. The predicted molar refractivity (Wildman–Crippen MR) is 126 cm³/mol. The van der Waals surface area contributed by atoms with Crippen LogP contribution in [0.4, 0.5) is 5.95 Å². The fourth-order valence-corrected chi connectivity index (χ4v) is 4.03. The maximum absolute atomic E-state index is 12.8. The molecule has 0 radical (unpaired) electrons. The van der Waals surface area contributed by atoms with Crippen molar-refractivity contribution in [1.29, 1.82) is 0 Å². The summed E-state index contributed by atoms with van der Waals surface area (Å²) in [5.41, 5.74) is 4.46. The zero-order chi connectivity index (χ0) is 22.9. The van der Waals surface area contributed by atoms with Gasteiger partial charge < -0.3 is 0 Å². The molecule has 0 bridgehead atoms. The van der Waals surface area contributed by atoms with Gasteiger partial charge in [0.1, 0.15) is 12.0 Å². The van der Waals surface area contributed by atoms with E-state index in [2.05, 4.69) is 52.6 Å². The first-order valence-corrected chi connectivity index (χ1v) is 11.1. The van der Waals surface area contributed by atoms with Gasteiger partial charge in [-0.1, -0.05) is 29.8 Å². The first kappa shape index (κ1) is 21.0. The first-order valence-electron chi connectivity index (χ1n) is 10.3. The van der Waals surface area contributed by atoms with Crippen molar-refractivity contribution in [2.24, 2.45) is 0 Å². The van der Waals surface area contributed by atoms with Crippen molar-refractivity contribution in [2.45, 2.75) is 26.9 Å². The number of aryl methyl sites for hydroxylation is 2. The van der Waals surface area contributed by atoms with Crippen molar-refractivity contribution >= 4 is 33.4 Å². The van der Waals surface area contributed by atoms with E-state index in [1.165, 1.54) is 5.56 Å². The normalized spacial score (nSPS) is 11.2. The lowest BCUT2D eigenvalue weighted by Crippen LogP contribution is -2.14. The molecule has 5 aromatic rings. The summed E-state index contributed by atoms with van der Waals surface area (Å²) in [7, 11) is 0. The molecule has 0 saturated carbocycles. The summed E-state index contributed by atoms with van der Waals surface area (Å²) in [4.78, 5) is 21.3. The largest absolute Gasteiger partial charge is 0.288 e. The molecule has 1 N–H and O–H groups in total. The predicted octanol–water partition coefficient (Wildman–Crippen LogP) is 3.58. The summed E-state index contributed by atoms with van der Waals surface area (Å²) >= 11 is 3.55. The summed E-state index contributed by atoms with van der Waals surface area (Å²) in [6.45, 7) is 5.35. The number of halogens is 1. The van der Waals surface area contributed by atoms with Gasteiger partial charge in [-0.15, -0.1) is 5.10 Å². The van der Waals surface area contributed by atoms with Crippen LogP contribution in [0.1, 0.15) is 28.5 Å². The Morgan fingerprint density at radius 3 is 2.76 bits per heavy atom. The molecule has 0 aliphatic rings. The third-order valence-corrected chi connectivity index (χ3v) is 5.64. The summed E-state index contributed by atoms with van der Waals surface area (Å²) in [6, 6.07) is 11.6. The van der Waals surface area contributed by atoms with Gasteiger partial charge in [-0.05, 0) is 41.4 Å². The number of rotatable bonds is 6. The topological polar surface area (TPSA) is 108 Å². The Kier molecular flexibility index (Phi) is 5.47. The minimum Gasteiger partial charge on any atom is -0.288 e. The molecule has 4 aromatic heterocycles. The fraction of sp³-hybridized carbons (Fsp3) is 0.182. The average molecular weight is 506 g/mol. The molecule has 0 unspecified atom stereocenters. The molecule has 0 aliphatic heterocycles. The summed E-state index contributed by atoms with van der Waals surface area (Å²) in [6.07, 6.45) is 5.15. The number of fused-ring (bicyclic) bond motifs is 1. The van der Waals surface area contributed by atoms with Crippen LogP contribution in [0, 0.1) is 6.92 Å². The van der Waals surface area contributed by atoms with E-state index in [-0.39, 0.29) is 11.6 Å². The van der Waals surface area contributed by atoms with Crippen molar-refractivity contribution in [3.63, 3.8) is 0 Å². The van der Waals surface area contributed by atoms with Crippen molar-refractivity contribution in [2.75, 3.05) is 5.32 Å². The maximum atomic E-state index is 12.8. The highest BCUT2D eigenvalue weighted by molar-refractivity contribution is 9.10. The van der Waals surface area contributed by atoms with Crippen LogP contribution in [-0.2, 0) is 13.1 Å². The Labute approximate surface area is 197 Å². The van der Waals surface area contributed by atoms with E-state index in [1.54, 1.807) is 27.8 Å². The number of amides is 1. The highest BCUT2D eigenvalue weighted by atomic mass is 79.9. The Bertz CT molecular complexity index is 1470. The van der Waals surface area contributed by atoms with Crippen molar-refractivity contribution in [1.82, 2.24) is 39.1 Å². The van der Waals surface area contributed by atoms with Gasteiger partial charge in [-0.25, -0.2) is 19.2 Å². The fourth-order valence-electron chi connectivity index (χ4n) is 3.51. The van der Waals surface area contributed by atoms with E-state index in [9.17, 15) is 4.79 Å². The molecular formula is C22H20BrN9O. The lowest BCUT2D eigenvalue weighted by atomic mass is 10.1. The number of hydrogen-bond acceptors (Lipinski definition) is 6. The lowest BCUT2D eigenvalue weighted by Gasteiger charge is -2.02. The van der Waals surface area contributed by atoms with E-state index in [4.69, 9.17) is 0 Å². The monoisotopic (exact) mass is 505 g/mol. The van der Waals surface area contributed by atoms with Gasteiger partial charge in [0.05, 0.1) is 16.7 Å². The molecule has 5 rings (SSSR count). The van der Waals surface area contributed by atoms with Gasteiger partial charge in [0.25, 0.3) is 5.91 Å². The minimum atomic E-state index is -0.419. The van der Waals surface area contributed by atoms with E-state index in [0.29, 0.717) is 12.2 Å². The SMILES string of the molecule is CCn1cc(Br)c(-c2ccnc3cc(C(=O)Nc4ncn(Cc5cccc(C)c5)n4)nn23)n1. The van der Waals surface area contributed by atoms with Crippen LogP contribution >= 0.6 is 15.9 Å². The number of benzene rings is 1. The zero-order valence-electron chi connectivity index (χ0n) is 18.0. The van der Waals surface area contributed by atoms with Crippen LogP contribution < -0.4 is 5.32 Å². The minimum absolute atomic E-state index is 0.205. The zero-order valence-corrected chi connectivity index (χ0v) is 19.6. The quantitative estimate of drug-likeness (QED) is 0.377. The highest BCUT2D eigenvalue weighted by Gasteiger charge is 2.18. The summed E-state index contributed by atoms with van der Waals surface area (Å²) in [5.74, 6) is -0.208. The van der Waals surface area contributed by atoms with E-state index >= 15 is 0 Å². The Morgan fingerprint density at radius 2 is 1.97 bits per heavy atom. The van der Waals surface area contributed by atoms with Gasteiger partial charge >= 0.3 is 0 Å². The van der Waals surface area contributed by atoms with Crippen molar-refractivity contribution < 1.29 is 4.79 Å². The second kappa shape index (κ2) is 8.58. The number of nitrogens with zero attached hydrogens (tertiary/aromatic N) is 8. The van der Waals surface area contributed by atoms with Crippen molar-refractivity contribution in [3.8, 4) is 11.4 Å². The van der Waals surface area contributed by atoms with E-state index in [1.807, 2.05) is 49.0 Å². The second-order valence-electron chi connectivity index (χ2n) is 7.52. The Hall–Kier alpha value is -3.86. The van der Waals surface area contributed by atoms with Gasteiger partial charge in [-0.3, -0.25) is 14.8 Å². The molecule has 0 spiro atoms. The van der Waals surface area contributed by atoms with Gasteiger partial charge in [-0.2, -0.15) is 10.2 Å². The maximum Gasteiger partial charge on any atom is 0.278 e. The number of hydrogen-bond donors (Lipinski definition) is 1. The third kappa shape index (κ3) is 4.27. The van der Waals surface area contributed by atoms with Crippen LogP contribution in [-0.4, -0.2) is 45.1 Å². The van der Waals surface area contributed by atoms with Crippen LogP contribution in [0.5, 0.6) is 0 Å². The van der Waals surface area contributed by atoms with Crippen LogP contribution in [0.2, 0.25) is 0 Å². The van der Waals surface area contributed by atoms with Gasteiger partial charge in [0.15, 0.2) is 11.3 Å². The molecule has 11 heteroatoms.